The second-order valence-corrected chi connectivity index (χ2v) is 10.5. The summed E-state index contributed by atoms with van der Waals surface area (Å²) in [4.78, 5) is 12.4. The van der Waals surface area contributed by atoms with E-state index >= 15 is 0 Å². The predicted molar refractivity (Wildman–Crippen MR) is 161 cm³/mol. The molecular weight excluding hydrogens is 532 g/mol. The molecule has 226 valence electrons. The van der Waals surface area contributed by atoms with Gasteiger partial charge in [0.1, 0.15) is 30.2 Å². The molecule has 0 N–H and O–H groups in total. The van der Waals surface area contributed by atoms with E-state index in [2.05, 4.69) is 6.92 Å². The maximum absolute atomic E-state index is 12.4. The molecule has 1 aliphatic heterocycles. The van der Waals surface area contributed by atoms with Gasteiger partial charge in [0.15, 0.2) is 12.6 Å². The van der Waals surface area contributed by atoms with Crippen LogP contribution in [0.25, 0.3) is 0 Å². The highest BCUT2D eigenvalue weighted by Gasteiger charge is 2.49. The minimum atomic E-state index is -0.884. The summed E-state index contributed by atoms with van der Waals surface area (Å²) in [6, 6.07) is 27.5. The molecule has 3 aromatic carbocycles. The fourth-order valence-electron chi connectivity index (χ4n) is 4.99. The Morgan fingerprint density at radius 1 is 0.643 bits per heavy atom. The zero-order chi connectivity index (χ0) is 29.4. The summed E-state index contributed by atoms with van der Waals surface area (Å²) >= 11 is 0. The van der Waals surface area contributed by atoms with Gasteiger partial charge in [-0.15, -0.1) is 0 Å². The third kappa shape index (κ3) is 9.75. The molecule has 7 nitrogen and oxygen atoms in total. The third-order valence-electron chi connectivity index (χ3n) is 7.37. The lowest BCUT2D eigenvalue weighted by atomic mass is 9.98. The minimum Gasteiger partial charge on any atom is -0.497 e. The molecule has 42 heavy (non-hydrogen) atoms. The van der Waals surface area contributed by atoms with Gasteiger partial charge in [-0.1, -0.05) is 105 Å². The molecule has 0 spiro atoms. The second kappa shape index (κ2) is 17.8. The average Bonchev–Trinajstić information content (AvgIpc) is 3.05. The van der Waals surface area contributed by atoms with E-state index in [1.165, 1.54) is 19.3 Å². The quantitative estimate of drug-likeness (QED) is 0.124. The van der Waals surface area contributed by atoms with Crippen LogP contribution in [0.3, 0.4) is 0 Å². The first-order chi connectivity index (χ1) is 20.7. The number of benzene rings is 3. The van der Waals surface area contributed by atoms with Crippen molar-refractivity contribution in [2.45, 2.75) is 89.6 Å². The molecular formula is C35H44O7. The Hall–Kier alpha value is -3.07. The first-order valence-corrected chi connectivity index (χ1v) is 15.0. The van der Waals surface area contributed by atoms with Crippen LogP contribution in [-0.4, -0.2) is 50.7 Å². The monoisotopic (exact) mass is 576 g/mol. The Bertz CT molecular complexity index is 1140. The normalized spacial score (nSPS) is 22.1. The van der Waals surface area contributed by atoms with Crippen molar-refractivity contribution >= 4 is 6.29 Å². The Kier molecular flexibility index (Phi) is 13.5. The van der Waals surface area contributed by atoms with E-state index in [9.17, 15) is 4.79 Å². The highest BCUT2D eigenvalue weighted by atomic mass is 16.7. The zero-order valence-corrected chi connectivity index (χ0v) is 24.8. The van der Waals surface area contributed by atoms with E-state index in [0.29, 0.717) is 19.8 Å². The van der Waals surface area contributed by atoms with Crippen LogP contribution in [-0.2, 0) is 48.3 Å². The molecule has 0 aromatic heterocycles. The molecule has 0 unspecified atom stereocenters. The molecule has 5 atom stereocenters. The molecule has 1 saturated heterocycles. The molecule has 3 aromatic rings. The average molecular weight is 577 g/mol. The number of carbonyl (C=O) groups is 1. The van der Waals surface area contributed by atoms with E-state index in [4.69, 9.17) is 28.4 Å². The number of hydrogen-bond acceptors (Lipinski definition) is 7. The molecule has 0 bridgehead atoms. The summed E-state index contributed by atoms with van der Waals surface area (Å²) in [5.74, 6) is 0.766. The van der Waals surface area contributed by atoms with Gasteiger partial charge >= 0.3 is 0 Å². The summed E-state index contributed by atoms with van der Waals surface area (Å²) in [6.07, 6.45) is 2.73. The van der Waals surface area contributed by atoms with E-state index < -0.39 is 30.7 Å². The summed E-state index contributed by atoms with van der Waals surface area (Å²) in [5.41, 5.74) is 2.96. The number of methoxy groups -OCH3 is 1. The van der Waals surface area contributed by atoms with Crippen molar-refractivity contribution in [1.29, 1.82) is 0 Å². The number of unbranched alkanes of at least 4 members (excludes halogenated alkanes) is 4. The van der Waals surface area contributed by atoms with Gasteiger partial charge in [0.2, 0.25) is 0 Å². The first kappa shape index (κ1) is 31.9. The van der Waals surface area contributed by atoms with Crippen molar-refractivity contribution in [2.24, 2.45) is 0 Å². The van der Waals surface area contributed by atoms with Crippen LogP contribution < -0.4 is 4.74 Å². The van der Waals surface area contributed by atoms with Crippen LogP contribution >= 0.6 is 0 Å². The third-order valence-corrected chi connectivity index (χ3v) is 7.37. The van der Waals surface area contributed by atoms with Crippen molar-refractivity contribution in [1.82, 2.24) is 0 Å². The van der Waals surface area contributed by atoms with E-state index in [1.807, 2.05) is 84.9 Å². The summed E-state index contributed by atoms with van der Waals surface area (Å²) in [6.45, 7) is 3.66. The van der Waals surface area contributed by atoms with Crippen molar-refractivity contribution < 1.29 is 33.2 Å². The largest absolute Gasteiger partial charge is 0.497 e. The topological polar surface area (TPSA) is 72.5 Å². The summed E-state index contributed by atoms with van der Waals surface area (Å²) in [5, 5.41) is 0. The summed E-state index contributed by atoms with van der Waals surface area (Å²) in [7, 11) is 1.63. The van der Waals surface area contributed by atoms with Gasteiger partial charge < -0.3 is 33.2 Å². The Labute approximate surface area is 250 Å². The smallest absolute Gasteiger partial charge is 0.187 e. The molecule has 0 saturated carbocycles. The molecule has 1 aliphatic rings. The van der Waals surface area contributed by atoms with Crippen molar-refractivity contribution in [3.05, 3.63) is 102 Å². The van der Waals surface area contributed by atoms with Crippen LogP contribution in [0.2, 0.25) is 0 Å². The first-order valence-electron chi connectivity index (χ1n) is 15.0. The summed E-state index contributed by atoms with van der Waals surface area (Å²) < 4.78 is 37.2. The van der Waals surface area contributed by atoms with Gasteiger partial charge in [0.25, 0.3) is 0 Å². The number of ether oxygens (including phenoxy) is 6. The zero-order valence-electron chi connectivity index (χ0n) is 24.8. The second-order valence-electron chi connectivity index (χ2n) is 10.5. The van der Waals surface area contributed by atoms with Gasteiger partial charge in [-0.05, 0) is 35.2 Å². The van der Waals surface area contributed by atoms with Crippen molar-refractivity contribution in [3.8, 4) is 5.75 Å². The molecule has 1 fully saturated rings. The fraction of sp³-hybridized carbons (Fsp3) is 0.457. The van der Waals surface area contributed by atoms with Gasteiger partial charge in [-0.3, -0.25) is 0 Å². The van der Waals surface area contributed by atoms with Gasteiger partial charge in [0, 0.05) is 6.61 Å². The van der Waals surface area contributed by atoms with Crippen LogP contribution in [0.1, 0.15) is 55.7 Å². The van der Waals surface area contributed by atoms with E-state index in [-0.39, 0.29) is 6.61 Å². The Morgan fingerprint density at radius 3 is 1.81 bits per heavy atom. The van der Waals surface area contributed by atoms with Gasteiger partial charge in [0.05, 0.1) is 26.9 Å². The van der Waals surface area contributed by atoms with E-state index in [1.54, 1.807) is 7.11 Å². The Balaban J connectivity index is 1.55. The molecule has 0 aliphatic carbocycles. The number of rotatable bonds is 18. The fourth-order valence-corrected chi connectivity index (χ4v) is 4.99. The minimum absolute atomic E-state index is 0.277. The van der Waals surface area contributed by atoms with Crippen LogP contribution in [0.5, 0.6) is 5.75 Å². The highest BCUT2D eigenvalue weighted by Crippen LogP contribution is 2.31. The van der Waals surface area contributed by atoms with Crippen molar-refractivity contribution in [2.75, 3.05) is 13.7 Å². The maximum atomic E-state index is 12.4. The predicted octanol–water partition coefficient (Wildman–Crippen LogP) is 6.66. The van der Waals surface area contributed by atoms with Gasteiger partial charge in [-0.25, -0.2) is 0 Å². The lowest BCUT2D eigenvalue weighted by molar-refractivity contribution is -0.316. The SMILES string of the molecule is CCCCCCCO[C@@H]1[C@@H](OCc2ccccc2)[C@@H](OCc2ccccc2)O[C@H](C=O)[C@H]1OCc1ccc(OC)cc1. The van der Waals surface area contributed by atoms with Crippen LogP contribution in [0, 0.1) is 0 Å². The molecule has 7 heteroatoms. The lowest BCUT2D eigenvalue weighted by Gasteiger charge is -2.44. The Morgan fingerprint density at radius 2 is 1.21 bits per heavy atom. The molecule has 0 radical (unpaired) electrons. The number of aldehydes is 1. The molecule has 1 heterocycles. The van der Waals surface area contributed by atoms with Crippen LogP contribution in [0.15, 0.2) is 84.9 Å². The lowest BCUT2D eigenvalue weighted by Crippen LogP contribution is -2.61. The number of carbonyl (C=O) groups excluding carboxylic acids is 1. The van der Waals surface area contributed by atoms with Crippen molar-refractivity contribution in [3.63, 3.8) is 0 Å². The maximum Gasteiger partial charge on any atom is 0.187 e. The highest BCUT2D eigenvalue weighted by molar-refractivity contribution is 5.57. The molecule has 4 rings (SSSR count). The van der Waals surface area contributed by atoms with Gasteiger partial charge in [-0.2, -0.15) is 0 Å². The standard InChI is InChI=1S/C35H44O7/c1-3-4-5-6-13-22-38-33-32(39-25-29-18-20-30(37-2)21-19-29)31(23-36)42-35(41-26-28-16-11-8-12-17-28)34(33)40-24-27-14-9-7-10-15-27/h7-12,14-21,23,31-35H,3-6,13,22,24-26H2,1-2H3/t31-,32-,33+,34-,35+/m1/s1. The van der Waals surface area contributed by atoms with E-state index in [0.717, 1.165) is 41.6 Å². The molecule has 0 amide bonds. The number of hydrogen-bond donors (Lipinski definition) is 0. The van der Waals surface area contributed by atoms with Crippen LogP contribution in [0.4, 0.5) is 0 Å².